The first-order valence-electron chi connectivity index (χ1n) is 8.79. The lowest BCUT2D eigenvalue weighted by atomic mass is 10.0. The summed E-state index contributed by atoms with van der Waals surface area (Å²) in [7, 11) is 0. The lowest BCUT2D eigenvalue weighted by Crippen LogP contribution is -2.34. The number of aromatic nitrogens is 4. The summed E-state index contributed by atoms with van der Waals surface area (Å²) in [5.74, 6) is 2.18. The van der Waals surface area contributed by atoms with Gasteiger partial charge in [-0.05, 0) is 12.8 Å². The highest BCUT2D eigenvalue weighted by Gasteiger charge is 2.42. The summed E-state index contributed by atoms with van der Waals surface area (Å²) in [4.78, 5) is 23.1. The molecule has 2 aromatic heterocycles. The number of esters is 1. The van der Waals surface area contributed by atoms with E-state index in [1.807, 2.05) is 0 Å². The number of hydrogen-bond donors (Lipinski definition) is 1. The Morgan fingerprint density at radius 1 is 1.56 bits per heavy atom. The van der Waals surface area contributed by atoms with Gasteiger partial charge in [-0.1, -0.05) is 25.7 Å². The van der Waals surface area contributed by atoms with Crippen molar-refractivity contribution >= 4 is 23.0 Å². The molecule has 1 saturated heterocycles. The Labute approximate surface area is 156 Å². The van der Waals surface area contributed by atoms with Gasteiger partial charge in [0, 0.05) is 12.8 Å². The number of fused-ring (bicyclic) bond motifs is 1. The molecule has 0 aromatic carbocycles. The van der Waals surface area contributed by atoms with Crippen LogP contribution < -0.4 is 5.73 Å². The highest BCUT2D eigenvalue weighted by Crippen LogP contribution is 2.37. The Morgan fingerprint density at radius 3 is 3.11 bits per heavy atom. The molecule has 1 aliphatic rings. The molecule has 2 N–H and O–H groups in total. The number of hydrogen-bond acceptors (Lipinski definition) is 7. The molecule has 1 aliphatic heterocycles. The van der Waals surface area contributed by atoms with Crippen LogP contribution in [0.15, 0.2) is 6.33 Å². The Morgan fingerprint density at radius 2 is 2.37 bits per heavy atom. The molecule has 2 atom stereocenters. The van der Waals surface area contributed by atoms with E-state index in [0.29, 0.717) is 12.8 Å². The van der Waals surface area contributed by atoms with Gasteiger partial charge in [0.1, 0.15) is 12.8 Å². The van der Waals surface area contributed by atoms with Crippen LogP contribution in [0.1, 0.15) is 45.3 Å². The molecule has 0 bridgehead atoms. The van der Waals surface area contributed by atoms with E-state index in [0.717, 1.165) is 19.3 Å². The quantitative estimate of drug-likeness (QED) is 0.343. The van der Waals surface area contributed by atoms with Crippen molar-refractivity contribution in [3.05, 3.63) is 18.8 Å². The number of halogens is 1. The Kier molecular flexibility index (Phi) is 5.56. The van der Waals surface area contributed by atoms with Gasteiger partial charge < -0.3 is 15.2 Å². The smallest absolute Gasteiger partial charge is 0.312 e. The molecule has 3 rings (SSSR count). The molecular weight excluding hydrogens is 353 g/mol. The summed E-state index contributed by atoms with van der Waals surface area (Å²) >= 11 is 0. The number of nitrogens with two attached hydrogens (primary N) is 1. The molecule has 0 aliphatic carbocycles. The molecule has 27 heavy (non-hydrogen) atoms. The van der Waals surface area contributed by atoms with Crippen molar-refractivity contribution in [3.8, 4) is 12.3 Å². The molecular formula is C18H21FN5O3. The first-order chi connectivity index (χ1) is 13.0. The van der Waals surface area contributed by atoms with Crippen molar-refractivity contribution in [2.45, 2.75) is 50.9 Å². The van der Waals surface area contributed by atoms with Gasteiger partial charge in [-0.2, -0.15) is 14.4 Å². The maximum Gasteiger partial charge on any atom is 0.312 e. The fourth-order valence-corrected chi connectivity index (χ4v) is 2.93. The van der Waals surface area contributed by atoms with Crippen molar-refractivity contribution in [3.63, 3.8) is 0 Å². The molecule has 1 fully saturated rings. The van der Waals surface area contributed by atoms with Gasteiger partial charge in [0.2, 0.25) is 0 Å². The monoisotopic (exact) mass is 374 g/mol. The summed E-state index contributed by atoms with van der Waals surface area (Å²) in [5, 5.41) is 0. The van der Waals surface area contributed by atoms with E-state index in [4.69, 9.17) is 21.6 Å². The minimum absolute atomic E-state index is 0.0533. The van der Waals surface area contributed by atoms with Crippen molar-refractivity contribution in [2.24, 2.45) is 0 Å². The average Bonchev–Trinajstić information content (AvgIpc) is 3.25. The molecule has 3 heterocycles. The van der Waals surface area contributed by atoms with Crippen LogP contribution in [0.4, 0.5) is 10.2 Å². The number of carbonyl (C=O) groups excluding carboxylic acids is 1. The van der Waals surface area contributed by atoms with E-state index < -0.39 is 17.9 Å². The molecule has 0 spiro atoms. The summed E-state index contributed by atoms with van der Waals surface area (Å²) in [5.41, 5.74) is 5.01. The number of anilines is 1. The second kappa shape index (κ2) is 7.88. The third-order valence-electron chi connectivity index (χ3n) is 4.40. The highest BCUT2D eigenvalue weighted by atomic mass is 19.1. The van der Waals surface area contributed by atoms with E-state index in [-0.39, 0.29) is 29.6 Å². The van der Waals surface area contributed by atoms with Crippen LogP contribution in [0.3, 0.4) is 0 Å². The van der Waals surface area contributed by atoms with E-state index in [1.165, 1.54) is 10.9 Å². The van der Waals surface area contributed by atoms with Crippen LogP contribution in [0.25, 0.3) is 11.2 Å². The van der Waals surface area contributed by atoms with Crippen LogP contribution in [-0.4, -0.2) is 37.7 Å². The molecule has 143 valence electrons. The standard InChI is InChI=1S/C18H21FN5O3/c1-3-5-6-7-13(25)26-10-18(4-2)9-8-12(27-18)24-11-21-14-15(20)22-17(19)23-16(14)24/h2,9,11-12H,3,5-8,10H2,1H3,(H2,20,22,23)/t12-,18+/m1/s1. The predicted molar refractivity (Wildman–Crippen MR) is 95.4 cm³/mol. The first-order valence-corrected chi connectivity index (χ1v) is 8.79. The van der Waals surface area contributed by atoms with Gasteiger partial charge in [-0.25, -0.2) is 4.98 Å². The van der Waals surface area contributed by atoms with Gasteiger partial charge in [0.25, 0.3) is 0 Å². The zero-order chi connectivity index (χ0) is 19.4. The molecule has 9 heteroatoms. The second-order valence-electron chi connectivity index (χ2n) is 6.37. The topological polar surface area (TPSA) is 105 Å². The normalized spacial score (nSPS) is 22.0. The van der Waals surface area contributed by atoms with Crippen LogP contribution >= 0.6 is 0 Å². The summed E-state index contributed by atoms with van der Waals surface area (Å²) in [6, 6.07) is 0. The van der Waals surface area contributed by atoms with Gasteiger partial charge >= 0.3 is 12.0 Å². The third kappa shape index (κ3) is 4.01. The van der Waals surface area contributed by atoms with Crippen LogP contribution in [0.2, 0.25) is 0 Å². The molecule has 2 aromatic rings. The number of ether oxygens (including phenoxy) is 2. The summed E-state index contributed by atoms with van der Waals surface area (Å²) in [6.07, 6.45) is 10.8. The van der Waals surface area contributed by atoms with E-state index >= 15 is 0 Å². The molecule has 8 nitrogen and oxygen atoms in total. The van der Waals surface area contributed by atoms with Gasteiger partial charge in [0.15, 0.2) is 22.6 Å². The number of imidazole rings is 1. The lowest BCUT2D eigenvalue weighted by molar-refractivity contribution is -0.151. The van der Waals surface area contributed by atoms with Crippen LogP contribution in [0.5, 0.6) is 0 Å². The largest absolute Gasteiger partial charge is 0.461 e. The van der Waals surface area contributed by atoms with Gasteiger partial charge in [-0.15, -0.1) is 6.42 Å². The predicted octanol–water partition coefficient (Wildman–Crippen LogP) is 2.17. The minimum atomic E-state index is -1.15. The summed E-state index contributed by atoms with van der Waals surface area (Å²) < 4.78 is 26.3. The third-order valence-corrected chi connectivity index (χ3v) is 4.40. The number of unbranched alkanes of at least 4 members (excludes halogenated alkanes) is 2. The molecule has 0 amide bonds. The minimum Gasteiger partial charge on any atom is -0.461 e. The maximum absolute atomic E-state index is 13.5. The van der Waals surface area contributed by atoms with E-state index in [1.54, 1.807) is 6.42 Å². The number of rotatable bonds is 7. The highest BCUT2D eigenvalue weighted by molar-refractivity contribution is 5.81. The van der Waals surface area contributed by atoms with E-state index in [2.05, 4.69) is 27.8 Å². The number of terminal acetylenes is 1. The molecule has 0 unspecified atom stereocenters. The van der Waals surface area contributed by atoms with E-state index in [9.17, 15) is 9.18 Å². The number of carbonyl (C=O) groups is 1. The van der Waals surface area contributed by atoms with Gasteiger partial charge in [0.05, 0.1) is 6.33 Å². The molecule has 0 saturated carbocycles. The van der Waals surface area contributed by atoms with Crippen molar-refractivity contribution in [1.29, 1.82) is 0 Å². The van der Waals surface area contributed by atoms with Crippen LogP contribution in [-0.2, 0) is 14.3 Å². The average molecular weight is 374 g/mol. The SMILES string of the molecule is C#C[C@@]1(COC(=O)CCCCC)[CH]C[C@H](n2cnc3c(N)nc(F)nc32)O1. The Bertz CT molecular complexity index is 878. The van der Waals surface area contributed by atoms with Crippen LogP contribution in [0, 0.1) is 24.8 Å². The fraction of sp³-hybridized carbons (Fsp3) is 0.500. The molecule has 1 radical (unpaired) electrons. The van der Waals surface area contributed by atoms with Gasteiger partial charge in [-0.3, -0.25) is 9.36 Å². The number of nitrogen functional groups attached to an aromatic ring is 1. The Hall–Kier alpha value is -2.73. The maximum atomic E-state index is 13.5. The second-order valence-corrected chi connectivity index (χ2v) is 6.37. The van der Waals surface area contributed by atoms with Crippen molar-refractivity contribution in [1.82, 2.24) is 19.5 Å². The van der Waals surface area contributed by atoms with Crippen molar-refractivity contribution in [2.75, 3.05) is 12.3 Å². The Balaban J connectivity index is 1.69. The lowest BCUT2D eigenvalue weighted by Gasteiger charge is -2.23. The first kappa shape index (κ1) is 19.0. The fourth-order valence-electron chi connectivity index (χ4n) is 2.93. The number of nitrogens with zero attached hydrogens (tertiary/aromatic N) is 4. The van der Waals surface area contributed by atoms with Crippen molar-refractivity contribution < 1.29 is 18.7 Å². The zero-order valence-corrected chi connectivity index (χ0v) is 15.0. The summed E-state index contributed by atoms with van der Waals surface area (Å²) in [6.45, 7) is 1.98. The zero-order valence-electron chi connectivity index (χ0n) is 15.0.